The molecule has 0 aliphatic heterocycles. The maximum atomic E-state index is 11.5. The number of nitrogens with zero attached hydrogens (tertiary/aromatic N) is 3. The summed E-state index contributed by atoms with van der Waals surface area (Å²) in [6.07, 6.45) is 3.55. The number of aromatic nitrogens is 4. The van der Waals surface area contributed by atoms with Crippen LogP contribution in [0.3, 0.4) is 0 Å². The van der Waals surface area contributed by atoms with Crippen molar-refractivity contribution in [1.82, 2.24) is 19.7 Å². The average molecular weight is 191 g/mol. The van der Waals surface area contributed by atoms with E-state index in [0.29, 0.717) is 17.1 Å². The maximum Gasteiger partial charge on any atom is 0.277 e. The number of nitrogens with two attached hydrogens (primary N) is 1. The summed E-state index contributed by atoms with van der Waals surface area (Å²) in [6.45, 7) is 0. The molecule has 2 heterocycles. The Balaban J connectivity index is 2.43. The second-order valence-electron chi connectivity index (χ2n) is 3.50. The van der Waals surface area contributed by atoms with Gasteiger partial charge in [0.2, 0.25) is 0 Å². The molecule has 3 rings (SSSR count). The highest BCUT2D eigenvalue weighted by atomic mass is 16.1. The van der Waals surface area contributed by atoms with Crippen molar-refractivity contribution in [1.29, 1.82) is 0 Å². The van der Waals surface area contributed by atoms with Crippen LogP contribution < -0.4 is 11.3 Å². The number of fused-ring (bicyclic) bond motifs is 1. The van der Waals surface area contributed by atoms with Crippen LogP contribution in [0.1, 0.15) is 18.9 Å². The van der Waals surface area contributed by atoms with E-state index >= 15 is 0 Å². The van der Waals surface area contributed by atoms with Crippen molar-refractivity contribution in [2.45, 2.75) is 18.9 Å². The molecule has 0 radical (unpaired) electrons. The standard InChI is InChI=1S/C8H9N5O/c9-6-5-7(11-3-10-6)13(4-1-2-4)12-8(5)14/h3-4H,1-2H2,(H,12,14)(H2,9,10,11). The Morgan fingerprint density at radius 3 is 3.00 bits per heavy atom. The summed E-state index contributed by atoms with van der Waals surface area (Å²) in [6, 6.07) is 0.384. The number of hydrogen-bond donors (Lipinski definition) is 2. The first kappa shape index (κ1) is 7.54. The van der Waals surface area contributed by atoms with E-state index in [1.807, 2.05) is 0 Å². The number of anilines is 1. The fraction of sp³-hybridized carbons (Fsp3) is 0.375. The van der Waals surface area contributed by atoms with Crippen LogP contribution in [0.5, 0.6) is 0 Å². The fourth-order valence-electron chi connectivity index (χ4n) is 1.61. The number of hydrogen-bond acceptors (Lipinski definition) is 4. The third kappa shape index (κ3) is 0.876. The average Bonchev–Trinajstić information content (AvgIpc) is 2.93. The van der Waals surface area contributed by atoms with E-state index in [0.717, 1.165) is 12.8 Å². The number of nitrogen functional groups attached to an aromatic ring is 1. The smallest absolute Gasteiger partial charge is 0.277 e. The van der Waals surface area contributed by atoms with Gasteiger partial charge < -0.3 is 5.73 Å². The molecule has 0 saturated heterocycles. The molecular weight excluding hydrogens is 182 g/mol. The molecule has 14 heavy (non-hydrogen) atoms. The number of nitrogens with one attached hydrogen (secondary N) is 1. The van der Waals surface area contributed by atoms with Gasteiger partial charge in [-0.1, -0.05) is 0 Å². The zero-order chi connectivity index (χ0) is 9.71. The van der Waals surface area contributed by atoms with Gasteiger partial charge in [0, 0.05) is 0 Å². The van der Waals surface area contributed by atoms with Gasteiger partial charge in [0.15, 0.2) is 5.65 Å². The molecule has 72 valence electrons. The minimum absolute atomic E-state index is 0.204. The minimum Gasteiger partial charge on any atom is -0.383 e. The Morgan fingerprint density at radius 1 is 1.50 bits per heavy atom. The summed E-state index contributed by atoms with van der Waals surface area (Å²) in [5.41, 5.74) is 6.02. The molecule has 1 aliphatic carbocycles. The lowest BCUT2D eigenvalue weighted by Crippen LogP contribution is -2.04. The van der Waals surface area contributed by atoms with Gasteiger partial charge in [0.1, 0.15) is 17.5 Å². The Kier molecular flexibility index (Phi) is 1.26. The van der Waals surface area contributed by atoms with E-state index in [1.165, 1.54) is 6.33 Å². The number of rotatable bonds is 1. The lowest BCUT2D eigenvalue weighted by Gasteiger charge is -1.99. The molecule has 0 aromatic carbocycles. The van der Waals surface area contributed by atoms with E-state index in [1.54, 1.807) is 4.68 Å². The summed E-state index contributed by atoms with van der Waals surface area (Å²) in [5, 5.41) is 3.14. The van der Waals surface area contributed by atoms with Crippen molar-refractivity contribution in [3.05, 3.63) is 16.7 Å². The van der Waals surface area contributed by atoms with Crippen LogP contribution in [0.25, 0.3) is 11.0 Å². The molecule has 1 saturated carbocycles. The van der Waals surface area contributed by atoms with E-state index < -0.39 is 0 Å². The van der Waals surface area contributed by atoms with Crippen LogP contribution >= 0.6 is 0 Å². The highest BCUT2D eigenvalue weighted by molar-refractivity contribution is 5.84. The van der Waals surface area contributed by atoms with Gasteiger partial charge in [-0.15, -0.1) is 0 Å². The van der Waals surface area contributed by atoms with Crippen LogP contribution in [0.4, 0.5) is 5.82 Å². The number of aromatic amines is 1. The fourth-order valence-corrected chi connectivity index (χ4v) is 1.61. The normalized spacial score (nSPS) is 16.3. The van der Waals surface area contributed by atoms with E-state index in [2.05, 4.69) is 15.1 Å². The van der Waals surface area contributed by atoms with Crippen LogP contribution in [0.15, 0.2) is 11.1 Å². The van der Waals surface area contributed by atoms with Crippen molar-refractivity contribution in [3.8, 4) is 0 Å². The molecule has 0 atom stereocenters. The second kappa shape index (κ2) is 2.34. The molecule has 6 nitrogen and oxygen atoms in total. The summed E-state index contributed by atoms with van der Waals surface area (Å²) >= 11 is 0. The lowest BCUT2D eigenvalue weighted by atomic mass is 10.4. The van der Waals surface area contributed by atoms with Crippen molar-refractivity contribution in [2.24, 2.45) is 0 Å². The summed E-state index contributed by atoms with van der Waals surface area (Å²) < 4.78 is 1.79. The molecular formula is C8H9N5O. The molecule has 1 aliphatic rings. The zero-order valence-corrected chi connectivity index (χ0v) is 7.40. The monoisotopic (exact) mass is 191 g/mol. The third-order valence-corrected chi connectivity index (χ3v) is 2.45. The Labute approximate surface area is 78.8 Å². The minimum atomic E-state index is -0.204. The molecule has 2 aromatic heterocycles. The molecule has 0 bridgehead atoms. The highest BCUT2D eigenvalue weighted by Gasteiger charge is 2.27. The van der Waals surface area contributed by atoms with Crippen molar-refractivity contribution < 1.29 is 0 Å². The van der Waals surface area contributed by atoms with E-state index in [-0.39, 0.29) is 11.4 Å². The third-order valence-electron chi connectivity index (χ3n) is 2.45. The van der Waals surface area contributed by atoms with E-state index in [4.69, 9.17) is 5.73 Å². The molecule has 0 amide bonds. The molecule has 0 unspecified atom stereocenters. The van der Waals surface area contributed by atoms with Gasteiger partial charge in [-0.2, -0.15) is 0 Å². The Hall–Kier alpha value is -1.85. The lowest BCUT2D eigenvalue weighted by molar-refractivity contribution is 0.651. The van der Waals surface area contributed by atoms with Crippen LogP contribution in [0, 0.1) is 0 Å². The van der Waals surface area contributed by atoms with Gasteiger partial charge in [-0.3, -0.25) is 14.6 Å². The van der Waals surface area contributed by atoms with Crippen LogP contribution in [-0.4, -0.2) is 19.7 Å². The Morgan fingerprint density at radius 2 is 2.29 bits per heavy atom. The summed E-state index contributed by atoms with van der Waals surface area (Å²) in [4.78, 5) is 19.4. The van der Waals surface area contributed by atoms with Gasteiger partial charge in [0.05, 0.1) is 6.04 Å². The second-order valence-corrected chi connectivity index (χ2v) is 3.50. The van der Waals surface area contributed by atoms with Crippen LogP contribution in [0.2, 0.25) is 0 Å². The highest BCUT2D eigenvalue weighted by Crippen LogP contribution is 2.35. The van der Waals surface area contributed by atoms with Gasteiger partial charge >= 0.3 is 0 Å². The number of H-pyrrole nitrogens is 1. The summed E-state index contributed by atoms with van der Waals surface area (Å²) in [5.74, 6) is 0.246. The first-order chi connectivity index (χ1) is 6.77. The SMILES string of the molecule is Nc1ncnc2c1c(=O)[nH]n2C1CC1. The predicted molar refractivity (Wildman–Crippen MR) is 50.8 cm³/mol. The summed E-state index contributed by atoms with van der Waals surface area (Å²) in [7, 11) is 0. The van der Waals surface area contributed by atoms with Crippen molar-refractivity contribution >= 4 is 16.9 Å². The van der Waals surface area contributed by atoms with Crippen molar-refractivity contribution in [2.75, 3.05) is 5.73 Å². The van der Waals surface area contributed by atoms with Gasteiger partial charge in [0.25, 0.3) is 5.56 Å². The zero-order valence-electron chi connectivity index (χ0n) is 7.40. The largest absolute Gasteiger partial charge is 0.383 e. The van der Waals surface area contributed by atoms with Gasteiger partial charge in [-0.25, -0.2) is 9.97 Å². The first-order valence-electron chi connectivity index (χ1n) is 4.48. The first-order valence-corrected chi connectivity index (χ1v) is 4.48. The quantitative estimate of drug-likeness (QED) is 0.665. The Bertz CT molecular complexity index is 550. The predicted octanol–water partition coefficient (Wildman–Crippen LogP) is 0.0367. The molecule has 6 heteroatoms. The molecule has 1 fully saturated rings. The topological polar surface area (TPSA) is 89.6 Å². The molecule has 2 aromatic rings. The van der Waals surface area contributed by atoms with Crippen molar-refractivity contribution in [3.63, 3.8) is 0 Å². The molecule has 3 N–H and O–H groups in total. The van der Waals surface area contributed by atoms with Crippen LogP contribution in [-0.2, 0) is 0 Å². The van der Waals surface area contributed by atoms with Gasteiger partial charge in [-0.05, 0) is 12.8 Å². The maximum absolute atomic E-state index is 11.5. The van der Waals surface area contributed by atoms with E-state index in [9.17, 15) is 4.79 Å². The molecule has 0 spiro atoms.